The Labute approximate surface area is 150 Å². The van der Waals surface area contributed by atoms with Gasteiger partial charge in [0.1, 0.15) is 17.2 Å². The van der Waals surface area contributed by atoms with E-state index >= 15 is 0 Å². The fraction of sp³-hybridized carbons (Fsp3) is 0.412. The molecule has 9 nitrogen and oxygen atoms in total. The minimum Gasteiger partial charge on any atom is -0.364 e. The summed E-state index contributed by atoms with van der Waals surface area (Å²) >= 11 is 0. The molecule has 0 spiro atoms. The number of fused-ring (bicyclic) bond motifs is 1. The van der Waals surface area contributed by atoms with Crippen molar-refractivity contribution < 1.29 is 9.32 Å². The Morgan fingerprint density at radius 1 is 1.42 bits per heavy atom. The molecule has 4 rings (SSSR count). The van der Waals surface area contributed by atoms with Gasteiger partial charge in [-0.05, 0) is 25.5 Å². The smallest absolute Gasteiger partial charge is 0.322 e. The van der Waals surface area contributed by atoms with Crippen LogP contribution in [0.4, 0.5) is 16.3 Å². The minimum atomic E-state index is -0.131. The van der Waals surface area contributed by atoms with Crippen LogP contribution in [0.25, 0.3) is 5.65 Å². The van der Waals surface area contributed by atoms with Crippen LogP contribution in [0.3, 0.4) is 0 Å². The summed E-state index contributed by atoms with van der Waals surface area (Å²) in [6.45, 7) is 5.09. The Morgan fingerprint density at radius 2 is 2.31 bits per heavy atom. The van der Waals surface area contributed by atoms with Gasteiger partial charge in [0.05, 0.1) is 0 Å². The van der Waals surface area contributed by atoms with Crippen LogP contribution in [-0.4, -0.2) is 49.8 Å². The molecule has 0 aliphatic carbocycles. The van der Waals surface area contributed by atoms with Crippen molar-refractivity contribution >= 4 is 23.2 Å². The van der Waals surface area contributed by atoms with E-state index in [2.05, 4.69) is 25.9 Å². The van der Waals surface area contributed by atoms with Crippen LogP contribution in [0.2, 0.25) is 0 Å². The second-order valence-corrected chi connectivity index (χ2v) is 6.37. The van der Waals surface area contributed by atoms with Gasteiger partial charge in [0.15, 0.2) is 11.4 Å². The van der Waals surface area contributed by atoms with Gasteiger partial charge in [-0.15, -0.1) is 5.10 Å². The van der Waals surface area contributed by atoms with E-state index in [-0.39, 0.29) is 12.1 Å². The molecule has 1 saturated heterocycles. The largest absolute Gasteiger partial charge is 0.364 e. The van der Waals surface area contributed by atoms with E-state index in [9.17, 15) is 4.79 Å². The van der Waals surface area contributed by atoms with E-state index in [1.807, 2.05) is 32.2 Å². The maximum absolute atomic E-state index is 12.6. The lowest BCUT2D eigenvalue weighted by atomic mass is 10.2. The van der Waals surface area contributed by atoms with E-state index < -0.39 is 0 Å². The van der Waals surface area contributed by atoms with E-state index in [1.54, 1.807) is 15.6 Å². The highest BCUT2D eigenvalue weighted by molar-refractivity contribution is 5.90. The highest BCUT2D eigenvalue weighted by Crippen LogP contribution is 2.22. The number of amides is 2. The van der Waals surface area contributed by atoms with Crippen molar-refractivity contribution in [3.63, 3.8) is 0 Å². The molecule has 3 aromatic heterocycles. The van der Waals surface area contributed by atoms with Crippen LogP contribution >= 0.6 is 0 Å². The van der Waals surface area contributed by atoms with Crippen molar-refractivity contribution in [1.82, 2.24) is 24.7 Å². The third-order valence-electron chi connectivity index (χ3n) is 4.57. The summed E-state index contributed by atoms with van der Waals surface area (Å²) in [6, 6.07) is 3.84. The molecule has 3 aromatic rings. The first-order valence-electron chi connectivity index (χ1n) is 8.72. The van der Waals surface area contributed by atoms with Crippen LogP contribution in [0.1, 0.15) is 24.8 Å². The van der Waals surface area contributed by atoms with Crippen molar-refractivity contribution in [2.75, 3.05) is 23.7 Å². The lowest BCUT2D eigenvalue weighted by Gasteiger charge is -2.18. The van der Waals surface area contributed by atoms with Crippen LogP contribution < -0.4 is 10.6 Å². The summed E-state index contributed by atoms with van der Waals surface area (Å²) in [5, 5.41) is 14.7. The molecule has 0 aromatic carbocycles. The fourth-order valence-corrected chi connectivity index (χ4v) is 3.17. The summed E-state index contributed by atoms with van der Waals surface area (Å²) in [6.07, 6.45) is 5.07. The molecule has 1 aliphatic heterocycles. The summed E-state index contributed by atoms with van der Waals surface area (Å²) in [5.74, 6) is 1.47. The number of rotatable bonds is 4. The summed E-state index contributed by atoms with van der Waals surface area (Å²) in [5.41, 5.74) is 2.18. The number of carbonyl (C=O) groups is 1. The topological polar surface area (TPSA) is 101 Å². The Balaban J connectivity index is 1.38. The number of hydrogen-bond donors (Lipinski definition) is 2. The van der Waals surface area contributed by atoms with Crippen molar-refractivity contribution in [3.05, 3.63) is 36.0 Å². The number of nitrogens with one attached hydrogen (secondary N) is 2. The predicted octanol–water partition coefficient (Wildman–Crippen LogP) is 2.31. The van der Waals surface area contributed by atoms with Crippen LogP contribution in [0.15, 0.2) is 29.0 Å². The van der Waals surface area contributed by atoms with Crippen LogP contribution in [0.5, 0.6) is 0 Å². The van der Waals surface area contributed by atoms with Crippen molar-refractivity contribution in [2.45, 2.75) is 32.7 Å². The molecule has 4 heterocycles. The first-order chi connectivity index (χ1) is 12.6. The van der Waals surface area contributed by atoms with Crippen LogP contribution in [-0.2, 0) is 6.42 Å². The zero-order chi connectivity index (χ0) is 18.1. The molecule has 26 heavy (non-hydrogen) atoms. The Hall–Kier alpha value is -3.10. The van der Waals surface area contributed by atoms with Crippen molar-refractivity contribution in [3.8, 4) is 0 Å². The normalized spacial score (nSPS) is 17.0. The molecule has 136 valence electrons. The monoisotopic (exact) mass is 355 g/mol. The van der Waals surface area contributed by atoms with Gasteiger partial charge in [0.25, 0.3) is 0 Å². The number of nitrogens with zero attached hydrogens (tertiary/aromatic N) is 5. The second-order valence-electron chi connectivity index (χ2n) is 6.37. The number of likely N-dealkylation sites (tertiary alicyclic amines) is 1. The number of aromatic nitrogens is 4. The molecular formula is C17H21N7O2. The van der Waals surface area contributed by atoms with Gasteiger partial charge in [-0.1, -0.05) is 12.1 Å². The van der Waals surface area contributed by atoms with Gasteiger partial charge in [-0.3, -0.25) is 0 Å². The summed E-state index contributed by atoms with van der Waals surface area (Å²) in [4.78, 5) is 18.5. The number of hydrogen-bond acceptors (Lipinski definition) is 6. The quantitative estimate of drug-likeness (QED) is 0.745. The first-order valence-corrected chi connectivity index (χ1v) is 8.72. The van der Waals surface area contributed by atoms with Crippen molar-refractivity contribution in [1.29, 1.82) is 0 Å². The third-order valence-corrected chi connectivity index (χ3v) is 4.57. The molecule has 1 atom stereocenters. The Bertz CT molecular complexity index is 932. The molecule has 9 heteroatoms. The molecule has 0 radical (unpaired) electrons. The van der Waals surface area contributed by atoms with Gasteiger partial charge in [-0.25, -0.2) is 14.3 Å². The van der Waals surface area contributed by atoms with Gasteiger partial charge in [-0.2, -0.15) is 0 Å². The zero-order valence-electron chi connectivity index (χ0n) is 14.8. The van der Waals surface area contributed by atoms with Gasteiger partial charge < -0.3 is 20.1 Å². The van der Waals surface area contributed by atoms with Gasteiger partial charge in [0, 0.05) is 37.9 Å². The Morgan fingerprint density at radius 3 is 3.15 bits per heavy atom. The van der Waals surface area contributed by atoms with E-state index in [0.717, 1.165) is 17.9 Å². The highest BCUT2D eigenvalue weighted by Gasteiger charge is 2.27. The molecule has 1 aliphatic rings. The third kappa shape index (κ3) is 3.07. The number of carbonyl (C=O) groups excluding carboxylic acids is 1. The minimum absolute atomic E-state index is 0.131. The maximum atomic E-state index is 12.6. The number of imidazole rings is 1. The van der Waals surface area contributed by atoms with Crippen molar-refractivity contribution in [2.24, 2.45) is 0 Å². The van der Waals surface area contributed by atoms with Gasteiger partial charge >= 0.3 is 6.03 Å². The molecule has 2 N–H and O–H groups in total. The summed E-state index contributed by atoms with van der Waals surface area (Å²) < 4.78 is 6.95. The van der Waals surface area contributed by atoms with Gasteiger partial charge in [0.2, 0.25) is 0 Å². The lowest BCUT2D eigenvalue weighted by molar-refractivity contribution is 0.222. The Kier molecular flexibility index (Phi) is 4.19. The van der Waals surface area contributed by atoms with Crippen LogP contribution in [0, 0.1) is 6.92 Å². The SMILES string of the molecule is CCc1onc(C)c1NC(=O)N1CCC(Nc2ccc3nccn3n2)C1. The van der Waals surface area contributed by atoms with E-state index in [0.29, 0.717) is 36.7 Å². The zero-order valence-corrected chi connectivity index (χ0v) is 14.8. The summed E-state index contributed by atoms with van der Waals surface area (Å²) in [7, 11) is 0. The standard InChI is InChI=1S/C17H21N7O2/c1-3-13-16(11(2)22-26-13)20-17(25)23-8-6-12(10-23)19-14-4-5-15-18-7-9-24(15)21-14/h4-5,7,9,12H,3,6,8,10H2,1-2H3,(H,19,21)(H,20,25). The molecule has 2 amide bonds. The predicted molar refractivity (Wildman–Crippen MR) is 96.2 cm³/mol. The maximum Gasteiger partial charge on any atom is 0.322 e. The second kappa shape index (κ2) is 6.66. The molecular weight excluding hydrogens is 334 g/mol. The molecule has 0 saturated carbocycles. The first kappa shape index (κ1) is 16.4. The molecule has 1 fully saturated rings. The van der Waals surface area contributed by atoms with E-state index in [4.69, 9.17) is 4.52 Å². The highest BCUT2D eigenvalue weighted by atomic mass is 16.5. The number of urea groups is 1. The molecule has 0 bridgehead atoms. The number of anilines is 2. The average Bonchev–Trinajstić information content (AvgIpc) is 3.36. The average molecular weight is 355 g/mol. The number of aryl methyl sites for hydroxylation is 2. The lowest BCUT2D eigenvalue weighted by Crippen LogP contribution is -2.35. The fourth-order valence-electron chi connectivity index (χ4n) is 3.17. The molecule has 1 unspecified atom stereocenters. The van der Waals surface area contributed by atoms with E-state index in [1.165, 1.54) is 0 Å².